The van der Waals surface area contributed by atoms with E-state index in [2.05, 4.69) is 4.98 Å². The van der Waals surface area contributed by atoms with Gasteiger partial charge in [0.25, 0.3) is 5.56 Å². The Labute approximate surface area is 128 Å². The molecule has 2 rings (SSSR count). The van der Waals surface area contributed by atoms with Gasteiger partial charge in [-0.05, 0) is 31.2 Å². The molecule has 0 aliphatic rings. The van der Waals surface area contributed by atoms with Crippen molar-refractivity contribution in [2.45, 2.75) is 20.4 Å². The van der Waals surface area contributed by atoms with Gasteiger partial charge in [-0.1, -0.05) is 0 Å². The number of aromatic amines is 1. The molecule has 118 valence electrons. The Morgan fingerprint density at radius 1 is 1.36 bits per heavy atom. The summed E-state index contributed by atoms with van der Waals surface area (Å²) in [5.41, 5.74) is 0.958. The lowest BCUT2D eigenvalue weighted by molar-refractivity contribution is -0.129. The summed E-state index contributed by atoms with van der Waals surface area (Å²) in [5, 5.41) is 9.84. The van der Waals surface area contributed by atoms with Crippen LogP contribution in [0.4, 0.5) is 0 Å². The average Bonchev–Trinajstić information content (AvgIpc) is 2.48. The molecule has 0 bridgehead atoms. The fraction of sp³-hybridized carbons (Fsp3) is 0.375. The first-order valence-corrected chi connectivity index (χ1v) is 7.20. The summed E-state index contributed by atoms with van der Waals surface area (Å²) in [6.45, 7) is 4.11. The van der Waals surface area contributed by atoms with Crippen LogP contribution in [-0.2, 0) is 11.3 Å². The molecule has 0 aliphatic heterocycles. The second-order valence-electron chi connectivity index (χ2n) is 4.97. The zero-order chi connectivity index (χ0) is 16.1. The number of nitrogens with zero attached hydrogens (tertiary/aromatic N) is 1. The van der Waals surface area contributed by atoms with E-state index in [0.29, 0.717) is 17.7 Å². The zero-order valence-corrected chi connectivity index (χ0v) is 12.8. The number of carbonyl (C=O) groups is 1. The highest BCUT2D eigenvalue weighted by Gasteiger charge is 2.12. The van der Waals surface area contributed by atoms with Gasteiger partial charge in [0, 0.05) is 29.9 Å². The van der Waals surface area contributed by atoms with Gasteiger partial charge in [-0.3, -0.25) is 9.59 Å². The predicted molar refractivity (Wildman–Crippen MR) is 83.9 cm³/mol. The van der Waals surface area contributed by atoms with E-state index in [0.717, 1.165) is 11.1 Å². The molecule has 0 radical (unpaired) electrons. The highest BCUT2D eigenvalue weighted by atomic mass is 16.5. The van der Waals surface area contributed by atoms with Gasteiger partial charge in [0.1, 0.15) is 5.75 Å². The summed E-state index contributed by atoms with van der Waals surface area (Å²) in [4.78, 5) is 27.9. The first-order chi connectivity index (χ1) is 10.5. The van der Waals surface area contributed by atoms with Crippen molar-refractivity contribution in [3.05, 3.63) is 40.2 Å². The van der Waals surface area contributed by atoms with E-state index >= 15 is 0 Å². The van der Waals surface area contributed by atoms with Gasteiger partial charge in [-0.25, -0.2) is 0 Å². The number of H-pyrrole nitrogens is 1. The second kappa shape index (κ2) is 7.09. The maximum atomic E-state index is 12.1. The summed E-state index contributed by atoms with van der Waals surface area (Å²) in [6, 6.07) is 7.20. The van der Waals surface area contributed by atoms with E-state index in [1.54, 1.807) is 18.2 Å². The van der Waals surface area contributed by atoms with E-state index in [1.165, 1.54) is 11.8 Å². The summed E-state index contributed by atoms with van der Waals surface area (Å²) in [7, 11) is 0. The molecule has 22 heavy (non-hydrogen) atoms. The molecule has 0 spiro atoms. The number of nitrogens with one attached hydrogen (secondary N) is 1. The molecule has 6 nitrogen and oxygen atoms in total. The predicted octanol–water partition coefficient (Wildman–Crippen LogP) is 1.27. The molecule has 1 aromatic carbocycles. The van der Waals surface area contributed by atoms with Gasteiger partial charge in [-0.15, -0.1) is 0 Å². The third-order valence-electron chi connectivity index (χ3n) is 3.38. The van der Waals surface area contributed by atoms with Crippen LogP contribution in [0.25, 0.3) is 10.9 Å². The van der Waals surface area contributed by atoms with Crippen LogP contribution in [0.1, 0.15) is 19.4 Å². The van der Waals surface area contributed by atoms with Gasteiger partial charge >= 0.3 is 0 Å². The minimum atomic E-state index is -0.235. The molecule has 0 fully saturated rings. The minimum Gasteiger partial charge on any atom is -0.494 e. The highest BCUT2D eigenvalue weighted by molar-refractivity contribution is 5.80. The Hall–Kier alpha value is -2.34. The number of amides is 1. The fourth-order valence-corrected chi connectivity index (χ4v) is 2.28. The Morgan fingerprint density at radius 3 is 2.77 bits per heavy atom. The first kappa shape index (κ1) is 16.0. The first-order valence-electron chi connectivity index (χ1n) is 7.20. The number of ether oxygens (including phenoxy) is 1. The van der Waals surface area contributed by atoms with Crippen LogP contribution < -0.4 is 10.3 Å². The molecule has 2 aromatic rings. The Balaban J connectivity index is 2.38. The second-order valence-corrected chi connectivity index (χ2v) is 4.97. The molecule has 0 aliphatic carbocycles. The standard InChI is InChI=1S/C16H20N2O4/c1-3-22-14-4-5-15-12(9-14)8-13(16(21)17-15)10-18(6-7-19)11(2)20/h4-5,8-9,19H,3,6-7,10H2,1-2H3,(H,17,21). The van der Waals surface area contributed by atoms with Crippen LogP contribution >= 0.6 is 0 Å². The van der Waals surface area contributed by atoms with E-state index in [-0.39, 0.29) is 31.2 Å². The van der Waals surface area contributed by atoms with Crippen molar-refractivity contribution in [3.8, 4) is 5.75 Å². The van der Waals surface area contributed by atoms with Crippen LogP contribution in [-0.4, -0.2) is 40.7 Å². The van der Waals surface area contributed by atoms with E-state index in [4.69, 9.17) is 9.84 Å². The third-order valence-corrected chi connectivity index (χ3v) is 3.38. The normalized spacial score (nSPS) is 10.7. The molecule has 6 heteroatoms. The van der Waals surface area contributed by atoms with Crippen molar-refractivity contribution in [2.24, 2.45) is 0 Å². The number of benzene rings is 1. The average molecular weight is 304 g/mol. The van der Waals surface area contributed by atoms with Crippen molar-refractivity contribution < 1.29 is 14.6 Å². The van der Waals surface area contributed by atoms with Gasteiger partial charge < -0.3 is 19.7 Å². The molecule has 2 N–H and O–H groups in total. The number of aromatic nitrogens is 1. The van der Waals surface area contributed by atoms with Crippen molar-refractivity contribution in [1.29, 1.82) is 0 Å². The maximum Gasteiger partial charge on any atom is 0.253 e. The Morgan fingerprint density at radius 2 is 2.14 bits per heavy atom. The molecule has 1 heterocycles. The quantitative estimate of drug-likeness (QED) is 0.842. The Bertz CT molecular complexity index is 724. The number of fused-ring (bicyclic) bond motifs is 1. The molecular weight excluding hydrogens is 284 g/mol. The summed E-state index contributed by atoms with van der Waals surface area (Å²) in [6.07, 6.45) is 0. The lowest BCUT2D eigenvalue weighted by Gasteiger charge is -2.19. The summed E-state index contributed by atoms with van der Waals surface area (Å²) in [5.74, 6) is 0.545. The molecule has 0 unspecified atom stereocenters. The highest BCUT2D eigenvalue weighted by Crippen LogP contribution is 2.19. The lowest BCUT2D eigenvalue weighted by Crippen LogP contribution is -2.33. The van der Waals surface area contributed by atoms with E-state index in [1.807, 2.05) is 13.0 Å². The maximum absolute atomic E-state index is 12.1. The number of aliphatic hydroxyl groups excluding tert-OH is 1. The van der Waals surface area contributed by atoms with Gasteiger partial charge in [0.05, 0.1) is 19.8 Å². The summed E-state index contributed by atoms with van der Waals surface area (Å²) >= 11 is 0. The van der Waals surface area contributed by atoms with Gasteiger partial charge in [0.2, 0.25) is 5.91 Å². The summed E-state index contributed by atoms with van der Waals surface area (Å²) < 4.78 is 5.45. The minimum absolute atomic E-state index is 0.139. The number of hydrogen-bond acceptors (Lipinski definition) is 4. The van der Waals surface area contributed by atoms with Crippen molar-refractivity contribution in [3.63, 3.8) is 0 Å². The van der Waals surface area contributed by atoms with Crippen molar-refractivity contribution in [1.82, 2.24) is 9.88 Å². The monoisotopic (exact) mass is 304 g/mol. The fourth-order valence-electron chi connectivity index (χ4n) is 2.28. The number of carbonyl (C=O) groups excluding carboxylic acids is 1. The van der Waals surface area contributed by atoms with Crippen LogP contribution in [0.5, 0.6) is 5.75 Å². The smallest absolute Gasteiger partial charge is 0.253 e. The molecule has 1 aromatic heterocycles. The molecular formula is C16H20N2O4. The van der Waals surface area contributed by atoms with Gasteiger partial charge in [0.15, 0.2) is 0 Å². The zero-order valence-electron chi connectivity index (χ0n) is 12.8. The number of hydrogen-bond donors (Lipinski definition) is 2. The van der Waals surface area contributed by atoms with Crippen LogP contribution in [0.15, 0.2) is 29.1 Å². The lowest BCUT2D eigenvalue weighted by atomic mass is 10.1. The molecule has 0 saturated carbocycles. The molecule has 0 atom stereocenters. The number of aliphatic hydroxyl groups is 1. The van der Waals surface area contributed by atoms with E-state index < -0.39 is 0 Å². The third kappa shape index (κ3) is 3.65. The van der Waals surface area contributed by atoms with Gasteiger partial charge in [-0.2, -0.15) is 0 Å². The van der Waals surface area contributed by atoms with Crippen molar-refractivity contribution in [2.75, 3.05) is 19.8 Å². The van der Waals surface area contributed by atoms with Crippen molar-refractivity contribution >= 4 is 16.8 Å². The molecule has 0 saturated heterocycles. The number of pyridine rings is 1. The number of rotatable bonds is 6. The Kier molecular flexibility index (Phi) is 5.16. The van der Waals surface area contributed by atoms with Crippen LogP contribution in [0, 0.1) is 0 Å². The van der Waals surface area contributed by atoms with Crippen LogP contribution in [0.3, 0.4) is 0 Å². The van der Waals surface area contributed by atoms with E-state index in [9.17, 15) is 9.59 Å². The van der Waals surface area contributed by atoms with Crippen LogP contribution in [0.2, 0.25) is 0 Å². The topological polar surface area (TPSA) is 82.6 Å². The largest absolute Gasteiger partial charge is 0.494 e. The molecule has 1 amide bonds. The SMILES string of the molecule is CCOc1ccc2[nH]c(=O)c(CN(CCO)C(C)=O)cc2c1.